The van der Waals surface area contributed by atoms with Crippen molar-refractivity contribution < 1.29 is 24.7 Å². The summed E-state index contributed by atoms with van der Waals surface area (Å²) < 4.78 is 0. The summed E-state index contributed by atoms with van der Waals surface area (Å²) in [5.41, 5.74) is 0.788. The standard InChI is InChI=1S/C17H12N2O6S/c20-13-5-4-10(7-14(13)21)8-15-16(22)18(17(23)26-15)9-11-2-1-3-12(6-11)19(24)25/h1-8,20-21H,9H2. The van der Waals surface area contributed by atoms with Gasteiger partial charge in [-0.3, -0.25) is 24.6 Å². The quantitative estimate of drug-likeness (QED) is 0.366. The molecule has 1 aliphatic heterocycles. The lowest BCUT2D eigenvalue weighted by Gasteiger charge is -2.12. The number of carbonyl (C=O) groups excluding carboxylic acids is 2. The van der Waals surface area contributed by atoms with Crippen LogP contribution in [0.25, 0.3) is 6.08 Å². The summed E-state index contributed by atoms with van der Waals surface area (Å²) in [6.07, 6.45) is 1.43. The van der Waals surface area contributed by atoms with Crippen LogP contribution in [-0.2, 0) is 11.3 Å². The first-order chi connectivity index (χ1) is 12.3. The highest BCUT2D eigenvalue weighted by Crippen LogP contribution is 2.34. The first kappa shape index (κ1) is 17.5. The number of thioether (sulfide) groups is 1. The number of hydrogen-bond donors (Lipinski definition) is 2. The van der Waals surface area contributed by atoms with Crippen molar-refractivity contribution in [2.24, 2.45) is 0 Å². The van der Waals surface area contributed by atoms with Gasteiger partial charge in [-0.2, -0.15) is 0 Å². The summed E-state index contributed by atoms with van der Waals surface area (Å²) in [4.78, 5) is 36.0. The zero-order valence-corrected chi connectivity index (χ0v) is 14.0. The Kier molecular flexibility index (Phi) is 4.63. The number of nitro benzene ring substituents is 1. The van der Waals surface area contributed by atoms with Gasteiger partial charge in [-0.25, -0.2) is 0 Å². The molecule has 8 nitrogen and oxygen atoms in total. The third-order valence-corrected chi connectivity index (χ3v) is 4.54. The molecule has 0 aromatic heterocycles. The average Bonchev–Trinajstić information content (AvgIpc) is 2.86. The predicted octanol–water partition coefficient (Wildman–Crippen LogP) is 3.24. The van der Waals surface area contributed by atoms with Gasteiger partial charge in [0.05, 0.1) is 16.4 Å². The molecule has 2 N–H and O–H groups in total. The number of imide groups is 1. The van der Waals surface area contributed by atoms with Gasteiger partial charge in [0.1, 0.15) is 0 Å². The molecule has 2 aromatic rings. The summed E-state index contributed by atoms with van der Waals surface area (Å²) in [5, 5.41) is 29.2. The summed E-state index contributed by atoms with van der Waals surface area (Å²) in [5.74, 6) is -1.16. The highest BCUT2D eigenvalue weighted by molar-refractivity contribution is 8.18. The number of hydrogen-bond acceptors (Lipinski definition) is 7. The van der Waals surface area contributed by atoms with Gasteiger partial charge in [-0.1, -0.05) is 18.2 Å². The monoisotopic (exact) mass is 372 g/mol. The highest BCUT2D eigenvalue weighted by atomic mass is 32.2. The summed E-state index contributed by atoms with van der Waals surface area (Å²) in [6.45, 7) is -0.0789. The van der Waals surface area contributed by atoms with E-state index >= 15 is 0 Å². The average molecular weight is 372 g/mol. The number of carbonyl (C=O) groups is 2. The number of phenols is 2. The Labute approximate surface area is 151 Å². The zero-order valence-electron chi connectivity index (χ0n) is 13.2. The maximum atomic E-state index is 12.5. The fourth-order valence-electron chi connectivity index (χ4n) is 2.37. The summed E-state index contributed by atoms with van der Waals surface area (Å²) >= 11 is 0.737. The Hall–Kier alpha value is -3.33. The van der Waals surface area contributed by atoms with Gasteiger partial charge in [-0.05, 0) is 41.1 Å². The number of amides is 2. The number of phenolic OH excluding ortho intramolecular Hbond substituents is 2. The fourth-order valence-corrected chi connectivity index (χ4v) is 3.21. The molecule has 2 aromatic carbocycles. The third kappa shape index (κ3) is 3.52. The van der Waals surface area contributed by atoms with Crippen LogP contribution in [0.3, 0.4) is 0 Å². The molecule has 0 aliphatic carbocycles. The molecule has 0 saturated carbocycles. The number of benzene rings is 2. The minimum atomic E-state index is -0.547. The maximum absolute atomic E-state index is 12.5. The largest absolute Gasteiger partial charge is 0.504 e. The fraction of sp³-hybridized carbons (Fsp3) is 0.0588. The molecule has 2 amide bonds. The molecule has 132 valence electrons. The van der Waals surface area contributed by atoms with Crippen LogP contribution in [0.2, 0.25) is 0 Å². The number of nitrogens with zero attached hydrogens (tertiary/aromatic N) is 2. The van der Waals surface area contributed by atoms with E-state index in [0.29, 0.717) is 11.1 Å². The van der Waals surface area contributed by atoms with E-state index in [4.69, 9.17) is 0 Å². The summed E-state index contributed by atoms with van der Waals surface area (Å²) in [7, 11) is 0. The van der Waals surface area contributed by atoms with E-state index in [1.165, 1.54) is 42.5 Å². The third-order valence-electron chi connectivity index (χ3n) is 3.63. The van der Waals surface area contributed by atoms with Crippen LogP contribution in [0.1, 0.15) is 11.1 Å². The molecule has 9 heteroatoms. The Bertz CT molecular complexity index is 956. The van der Waals surface area contributed by atoms with Crippen LogP contribution in [0.15, 0.2) is 47.4 Å². The molecule has 0 unspecified atom stereocenters. The first-order valence-electron chi connectivity index (χ1n) is 7.36. The van der Waals surface area contributed by atoms with E-state index in [1.54, 1.807) is 6.07 Å². The molecule has 0 radical (unpaired) electrons. The summed E-state index contributed by atoms with van der Waals surface area (Å²) in [6, 6.07) is 9.75. The van der Waals surface area contributed by atoms with Crippen molar-refractivity contribution in [3.05, 3.63) is 68.6 Å². The van der Waals surface area contributed by atoms with Crippen LogP contribution in [0.5, 0.6) is 11.5 Å². The topological polar surface area (TPSA) is 121 Å². The SMILES string of the molecule is O=C1SC(=Cc2ccc(O)c(O)c2)C(=O)N1Cc1cccc([N+](=O)[O-])c1. The first-order valence-corrected chi connectivity index (χ1v) is 8.17. The van der Waals surface area contributed by atoms with Crippen LogP contribution < -0.4 is 0 Å². The lowest BCUT2D eigenvalue weighted by Crippen LogP contribution is -2.27. The Morgan fingerprint density at radius 3 is 2.58 bits per heavy atom. The minimum absolute atomic E-state index is 0.0789. The number of non-ortho nitro benzene ring substituents is 1. The van der Waals surface area contributed by atoms with Gasteiger partial charge in [-0.15, -0.1) is 0 Å². The van der Waals surface area contributed by atoms with E-state index in [1.807, 2.05) is 0 Å². The van der Waals surface area contributed by atoms with Crippen LogP contribution in [0, 0.1) is 10.1 Å². The van der Waals surface area contributed by atoms with Crippen molar-refractivity contribution >= 4 is 34.7 Å². The van der Waals surface area contributed by atoms with Crippen molar-refractivity contribution in [3.8, 4) is 11.5 Å². The normalized spacial score (nSPS) is 15.7. The molecular formula is C17H12N2O6S. The van der Waals surface area contributed by atoms with Crippen molar-refractivity contribution in [3.63, 3.8) is 0 Å². The van der Waals surface area contributed by atoms with E-state index in [9.17, 15) is 29.9 Å². The maximum Gasteiger partial charge on any atom is 0.293 e. The van der Waals surface area contributed by atoms with Gasteiger partial charge >= 0.3 is 0 Å². The highest BCUT2D eigenvalue weighted by Gasteiger charge is 2.35. The molecule has 0 bridgehead atoms. The van der Waals surface area contributed by atoms with E-state index in [2.05, 4.69) is 0 Å². The number of nitro groups is 1. The second kappa shape index (κ2) is 6.89. The zero-order chi connectivity index (χ0) is 18.8. The molecule has 26 heavy (non-hydrogen) atoms. The number of aromatic hydroxyl groups is 2. The molecular weight excluding hydrogens is 360 g/mol. The Balaban J connectivity index is 1.82. The van der Waals surface area contributed by atoms with Crippen molar-refractivity contribution in [2.45, 2.75) is 6.54 Å². The van der Waals surface area contributed by atoms with Crippen molar-refractivity contribution in [1.82, 2.24) is 4.90 Å². The van der Waals surface area contributed by atoms with Gasteiger partial charge in [0.25, 0.3) is 16.8 Å². The molecule has 0 atom stereocenters. The molecule has 1 saturated heterocycles. The Morgan fingerprint density at radius 2 is 1.88 bits per heavy atom. The smallest absolute Gasteiger partial charge is 0.293 e. The van der Waals surface area contributed by atoms with Gasteiger partial charge < -0.3 is 10.2 Å². The molecule has 1 aliphatic rings. The van der Waals surface area contributed by atoms with Gasteiger partial charge in [0.2, 0.25) is 0 Å². The Morgan fingerprint density at radius 1 is 1.12 bits per heavy atom. The van der Waals surface area contributed by atoms with Crippen LogP contribution in [-0.4, -0.2) is 31.2 Å². The van der Waals surface area contributed by atoms with E-state index in [0.717, 1.165) is 16.7 Å². The second-order valence-corrected chi connectivity index (χ2v) is 6.44. The van der Waals surface area contributed by atoms with E-state index < -0.39 is 16.1 Å². The van der Waals surface area contributed by atoms with E-state index in [-0.39, 0.29) is 28.6 Å². The lowest BCUT2D eigenvalue weighted by molar-refractivity contribution is -0.384. The van der Waals surface area contributed by atoms with Crippen molar-refractivity contribution in [2.75, 3.05) is 0 Å². The number of rotatable bonds is 4. The van der Waals surface area contributed by atoms with Crippen molar-refractivity contribution in [1.29, 1.82) is 0 Å². The lowest BCUT2D eigenvalue weighted by atomic mass is 10.1. The molecule has 1 fully saturated rings. The molecule has 3 rings (SSSR count). The van der Waals surface area contributed by atoms with Gasteiger partial charge in [0.15, 0.2) is 11.5 Å². The second-order valence-electron chi connectivity index (χ2n) is 5.44. The predicted molar refractivity (Wildman–Crippen MR) is 94.4 cm³/mol. The van der Waals surface area contributed by atoms with Crippen LogP contribution >= 0.6 is 11.8 Å². The minimum Gasteiger partial charge on any atom is -0.504 e. The van der Waals surface area contributed by atoms with Crippen LogP contribution in [0.4, 0.5) is 10.5 Å². The molecule has 0 spiro atoms. The van der Waals surface area contributed by atoms with Gasteiger partial charge in [0, 0.05) is 12.1 Å². The molecule has 1 heterocycles.